The first-order chi connectivity index (χ1) is 9.63. The minimum Gasteiger partial charge on any atom is -0.399 e. The van der Waals surface area contributed by atoms with Crippen LogP contribution < -0.4 is 5.73 Å². The lowest BCUT2D eigenvalue weighted by Gasteiger charge is -2.01. The smallest absolute Gasteiger partial charge is 0.258 e. The number of nitrogens with zero attached hydrogens (tertiary/aromatic N) is 4. The molecule has 2 N–H and O–H groups in total. The third-order valence-corrected chi connectivity index (χ3v) is 2.91. The van der Waals surface area contributed by atoms with Crippen LogP contribution in [0, 0.1) is 13.8 Å². The van der Waals surface area contributed by atoms with Crippen LogP contribution in [0.4, 0.5) is 5.69 Å². The lowest BCUT2D eigenvalue weighted by atomic mass is 10.1. The van der Waals surface area contributed by atoms with Crippen LogP contribution in [0.1, 0.15) is 11.4 Å². The molecule has 3 aromatic rings. The Balaban J connectivity index is 2.02. The summed E-state index contributed by atoms with van der Waals surface area (Å²) >= 11 is 0. The predicted molar refractivity (Wildman–Crippen MR) is 74.6 cm³/mol. The molecule has 100 valence electrons. The fraction of sp³-hybridized carbons (Fsp3) is 0.143. The molecule has 6 heteroatoms. The van der Waals surface area contributed by atoms with E-state index in [-0.39, 0.29) is 0 Å². The van der Waals surface area contributed by atoms with E-state index in [1.807, 2.05) is 26.0 Å². The van der Waals surface area contributed by atoms with Gasteiger partial charge in [0.2, 0.25) is 5.82 Å². The van der Waals surface area contributed by atoms with Crippen molar-refractivity contribution in [1.82, 2.24) is 20.1 Å². The molecule has 0 aliphatic rings. The van der Waals surface area contributed by atoms with Gasteiger partial charge < -0.3 is 10.3 Å². The average molecular weight is 267 g/mol. The van der Waals surface area contributed by atoms with Crippen LogP contribution in [0.25, 0.3) is 23.0 Å². The number of hydrogen-bond donors (Lipinski definition) is 1. The van der Waals surface area contributed by atoms with E-state index in [9.17, 15) is 0 Å². The minimum atomic E-state index is 0.446. The Bertz CT molecular complexity index is 766. The number of anilines is 1. The molecule has 0 bridgehead atoms. The van der Waals surface area contributed by atoms with Gasteiger partial charge in [-0.2, -0.15) is 4.98 Å². The summed E-state index contributed by atoms with van der Waals surface area (Å²) < 4.78 is 5.30. The van der Waals surface area contributed by atoms with Gasteiger partial charge in [-0.15, -0.1) is 0 Å². The summed E-state index contributed by atoms with van der Waals surface area (Å²) in [6.07, 6.45) is 1.67. The van der Waals surface area contributed by atoms with Crippen molar-refractivity contribution in [1.29, 1.82) is 0 Å². The molecule has 0 saturated carbocycles. The van der Waals surface area contributed by atoms with Gasteiger partial charge in [-0.25, -0.2) is 9.97 Å². The fourth-order valence-corrected chi connectivity index (χ4v) is 1.94. The molecule has 0 unspecified atom stereocenters. The van der Waals surface area contributed by atoms with Crippen LogP contribution in [0.5, 0.6) is 0 Å². The number of hydrogen-bond acceptors (Lipinski definition) is 6. The summed E-state index contributed by atoms with van der Waals surface area (Å²) in [5.41, 5.74) is 8.93. The van der Waals surface area contributed by atoms with Gasteiger partial charge in [-0.1, -0.05) is 5.16 Å². The van der Waals surface area contributed by atoms with E-state index in [0.29, 0.717) is 28.9 Å². The van der Waals surface area contributed by atoms with E-state index >= 15 is 0 Å². The molecule has 0 fully saturated rings. The molecule has 0 aliphatic carbocycles. The highest BCUT2D eigenvalue weighted by atomic mass is 16.5. The first-order valence-corrected chi connectivity index (χ1v) is 6.14. The van der Waals surface area contributed by atoms with Gasteiger partial charge in [0.25, 0.3) is 5.89 Å². The lowest BCUT2D eigenvalue weighted by Crippen LogP contribution is -1.91. The molecule has 0 atom stereocenters. The topological polar surface area (TPSA) is 90.7 Å². The quantitative estimate of drug-likeness (QED) is 0.717. The van der Waals surface area contributed by atoms with Gasteiger partial charge in [0.05, 0.1) is 0 Å². The normalized spacial score (nSPS) is 10.7. The predicted octanol–water partition coefficient (Wildman–Crippen LogP) is 2.39. The van der Waals surface area contributed by atoms with Crippen LogP contribution >= 0.6 is 0 Å². The second-order valence-electron chi connectivity index (χ2n) is 4.49. The average Bonchev–Trinajstić information content (AvgIpc) is 2.88. The van der Waals surface area contributed by atoms with E-state index in [1.165, 1.54) is 0 Å². The maximum absolute atomic E-state index is 5.73. The van der Waals surface area contributed by atoms with Gasteiger partial charge >= 0.3 is 0 Å². The zero-order valence-corrected chi connectivity index (χ0v) is 11.2. The molecule has 20 heavy (non-hydrogen) atoms. The summed E-state index contributed by atoms with van der Waals surface area (Å²) in [7, 11) is 0. The fourth-order valence-electron chi connectivity index (χ4n) is 1.94. The highest BCUT2D eigenvalue weighted by Crippen LogP contribution is 2.25. The largest absolute Gasteiger partial charge is 0.399 e. The Morgan fingerprint density at radius 3 is 2.70 bits per heavy atom. The van der Waals surface area contributed by atoms with Crippen molar-refractivity contribution >= 4 is 5.69 Å². The summed E-state index contributed by atoms with van der Waals surface area (Å²) in [6.45, 7) is 3.76. The molecule has 0 amide bonds. The minimum absolute atomic E-state index is 0.446. The maximum Gasteiger partial charge on any atom is 0.258 e. The Kier molecular flexibility index (Phi) is 2.90. The van der Waals surface area contributed by atoms with Crippen molar-refractivity contribution in [3.05, 3.63) is 41.9 Å². The molecule has 1 aromatic carbocycles. The van der Waals surface area contributed by atoms with Crippen LogP contribution in [0.2, 0.25) is 0 Å². The summed E-state index contributed by atoms with van der Waals surface area (Å²) in [5, 5.41) is 3.96. The number of nitrogens with two attached hydrogens (primary N) is 1. The number of nitrogen functional groups attached to an aromatic ring is 1. The zero-order valence-electron chi connectivity index (χ0n) is 11.2. The first-order valence-electron chi connectivity index (χ1n) is 6.14. The second kappa shape index (κ2) is 4.73. The molecule has 0 aliphatic heterocycles. The van der Waals surface area contributed by atoms with Gasteiger partial charge in [-0.3, -0.25) is 0 Å². The van der Waals surface area contributed by atoms with Gasteiger partial charge in [0, 0.05) is 17.4 Å². The van der Waals surface area contributed by atoms with Crippen molar-refractivity contribution in [3.8, 4) is 23.0 Å². The van der Waals surface area contributed by atoms with E-state index in [0.717, 1.165) is 11.1 Å². The lowest BCUT2D eigenvalue weighted by molar-refractivity contribution is 0.432. The molecule has 0 radical (unpaired) electrons. The van der Waals surface area contributed by atoms with Crippen LogP contribution in [0.3, 0.4) is 0 Å². The van der Waals surface area contributed by atoms with Crippen molar-refractivity contribution in [2.45, 2.75) is 13.8 Å². The number of rotatable bonds is 2. The van der Waals surface area contributed by atoms with Crippen molar-refractivity contribution < 1.29 is 4.52 Å². The summed E-state index contributed by atoms with van der Waals surface area (Å²) in [6, 6.07) is 7.29. The summed E-state index contributed by atoms with van der Waals surface area (Å²) in [5.74, 6) is 1.56. The van der Waals surface area contributed by atoms with E-state index in [2.05, 4.69) is 20.1 Å². The third kappa shape index (κ3) is 2.23. The molecule has 2 aromatic heterocycles. The standard InChI is InChI=1S/C14H13N5O/c1-8-7-10(15)3-4-11(8)14-18-13(19-20-14)12-5-6-16-9(2)17-12/h3-7H,15H2,1-2H3. The van der Waals surface area contributed by atoms with Crippen molar-refractivity contribution in [2.24, 2.45) is 0 Å². The Morgan fingerprint density at radius 1 is 1.10 bits per heavy atom. The summed E-state index contributed by atoms with van der Waals surface area (Å²) in [4.78, 5) is 12.7. The molecule has 3 rings (SSSR count). The number of benzene rings is 1. The molecule has 0 saturated heterocycles. The Hall–Kier alpha value is -2.76. The highest BCUT2D eigenvalue weighted by Gasteiger charge is 2.13. The van der Waals surface area contributed by atoms with Crippen LogP contribution in [0.15, 0.2) is 35.0 Å². The first kappa shape index (κ1) is 12.3. The van der Waals surface area contributed by atoms with Crippen LogP contribution in [-0.2, 0) is 0 Å². The molecular weight excluding hydrogens is 254 g/mol. The van der Waals surface area contributed by atoms with Gasteiger partial charge in [0.15, 0.2) is 0 Å². The van der Waals surface area contributed by atoms with E-state index in [1.54, 1.807) is 18.3 Å². The maximum atomic E-state index is 5.73. The highest BCUT2D eigenvalue weighted by molar-refractivity contribution is 5.64. The zero-order chi connectivity index (χ0) is 14.1. The third-order valence-electron chi connectivity index (χ3n) is 2.91. The van der Waals surface area contributed by atoms with E-state index in [4.69, 9.17) is 10.3 Å². The SMILES string of the molecule is Cc1nccc(-c2noc(-c3ccc(N)cc3C)n2)n1. The molecular formula is C14H13N5O. The number of aryl methyl sites for hydroxylation is 2. The Labute approximate surface area is 115 Å². The Morgan fingerprint density at radius 2 is 1.95 bits per heavy atom. The van der Waals surface area contributed by atoms with Gasteiger partial charge in [-0.05, 0) is 43.7 Å². The van der Waals surface area contributed by atoms with Crippen molar-refractivity contribution in [2.75, 3.05) is 5.73 Å². The second-order valence-corrected chi connectivity index (χ2v) is 4.49. The molecule has 2 heterocycles. The van der Waals surface area contributed by atoms with Crippen molar-refractivity contribution in [3.63, 3.8) is 0 Å². The molecule has 6 nitrogen and oxygen atoms in total. The van der Waals surface area contributed by atoms with Gasteiger partial charge in [0.1, 0.15) is 11.5 Å². The number of aromatic nitrogens is 4. The molecule has 0 spiro atoms. The monoisotopic (exact) mass is 267 g/mol. The van der Waals surface area contributed by atoms with E-state index < -0.39 is 0 Å². The van der Waals surface area contributed by atoms with Crippen LogP contribution in [-0.4, -0.2) is 20.1 Å².